The first-order valence-corrected chi connectivity index (χ1v) is 14.7. The first kappa shape index (κ1) is 28.8. The van der Waals surface area contributed by atoms with Gasteiger partial charge in [-0.1, -0.05) is 76.1 Å². The Morgan fingerprint density at radius 2 is 1.98 bits per heavy atom. The third kappa shape index (κ3) is 4.66. The Morgan fingerprint density at radius 3 is 2.62 bits per heavy atom. The van der Waals surface area contributed by atoms with E-state index in [1.807, 2.05) is 30.3 Å². The average molecular weight is 632 g/mol. The van der Waals surface area contributed by atoms with E-state index in [0.717, 1.165) is 5.56 Å². The number of amides is 2. The Bertz CT molecular complexity index is 1290. The predicted octanol–water partition coefficient (Wildman–Crippen LogP) is 3.77. The van der Waals surface area contributed by atoms with Gasteiger partial charge in [0.15, 0.2) is 0 Å². The Hall–Kier alpha value is -2.72. The fourth-order valence-electron chi connectivity index (χ4n) is 6.64. The Balaban J connectivity index is 1.64. The van der Waals surface area contributed by atoms with Crippen LogP contribution in [0.3, 0.4) is 0 Å². The largest absolute Gasteiger partial charge is 0.466 e. The third-order valence-corrected chi connectivity index (χ3v) is 9.32. The molecule has 2 aromatic rings. The molecule has 0 aliphatic carbocycles. The molecule has 3 fully saturated rings. The van der Waals surface area contributed by atoms with Crippen LogP contribution in [0.1, 0.15) is 18.9 Å². The number of aliphatic hydroxyl groups is 1. The maximum absolute atomic E-state index is 14.7. The van der Waals surface area contributed by atoms with E-state index in [9.17, 15) is 19.5 Å². The quantitative estimate of drug-likeness (QED) is 0.244. The van der Waals surface area contributed by atoms with E-state index in [4.69, 9.17) is 21.1 Å². The highest BCUT2D eigenvalue weighted by atomic mass is 79.9. The summed E-state index contributed by atoms with van der Waals surface area (Å²) >= 11 is 10.2. The van der Waals surface area contributed by atoms with Crippen molar-refractivity contribution in [1.82, 2.24) is 4.90 Å². The van der Waals surface area contributed by atoms with Crippen LogP contribution in [0, 0.1) is 11.8 Å². The molecule has 1 spiro atoms. The zero-order valence-electron chi connectivity index (χ0n) is 22.1. The molecule has 3 aliphatic heterocycles. The second kappa shape index (κ2) is 11.6. The van der Waals surface area contributed by atoms with Crippen molar-refractivity contribution in [3.8, 4) is 0 Å². The van der Waals surface area contributed by atoms with Crippen LogP contribution in [0.2, 0.25) is 5.02 Å². The fraction of sp³-hybridized carbons (Fsp3) is 0.433. The fourth-order valence-corrected chi connectivity index (χ4v) is 7.82. The van der Waals surface area contributed by atoms with E-state index >= 15 is 0 Å². The lowest BCUT2D eigenvalue weighted by Gasteiger charge is -2.39. The Kier molecular flexibility index (Phi) is 8.38. The van der Waals surface area contributed by atoms with E-state index < -0.39 is 53.4 Å². The first-order valence-electron chi connectivity index (χ1n) is 13.4. The number of anilines is 1. The molecule has 0 aromatic heterocycles. The van der Waals surface area contributed by atoms with Gasteiger partial charge in [-0.05, 0) is 37.5 Å². The molecule has 2 amide bonds. The standard InChI is InChI=1S/C30H32BrClN2O6/c1-3-14-33(22-13-9-8-12-21(22)32)28(37)26-30-16-20(31)25(40-30)23(29(38)39-4-2)24(30)27(36)34(26)19(17-35)15-18-10-6-5-7-11-18/h3,5-13,19-20,23-26,35H,1,4,14-17H2,2H3/t19-,20?,23+,24+,25+,26?,30?/m1/s1. The highest BCUT2D eigenvalue weighted by Gasteiger charge is 2.77. The van der Waals surface area contributed by atoms with Crippen LogP contribution in [0.25, 0.3) is 0 Å². The van der Waals surface area contributed by atoms with Crippen LogP contribution < -0.4 is 4.90 Å². The number of hydrogen-bond donors (Lipinski definition) is 1. The van der Waals surface area contributed by atoms with Gasteiger partial charge in [0.05, 0.1) is 47.9 Å². The molecule has 8 nitrogen and oxygen atoms in total. The number of ether oxygens (including phenoxy) is 2. The number of nitrogens with zero attached hydrogens (tertiary/aromatic N) is 2. The van der Waals surface area contributed by atoms with Gasteiger partial charge < -0.3 is 24.4 Å². The predicted molar refractivity (Wildman–Crippen MR) is 154 cm³/mol. The number of hydrogen-bond acceptors (Lipinski definition) is 6. The minimum absolute atomic E-state index is 0.132. The summed E-state index contributed by atoms with van der Waals surface area (Å²) in [5, 5.41) is 11.0. The highest BCUT2D eigenvalue weighted by molar-refractivity contribution is 9.09. The molecule has 40 heavy (non-hydrogen) atoms. The number of carbonyl (C=O) groups is 3. The van der Waals surface area contributed by atoms with E-state index in [2.05, 4.69) is 22.5 Å². The number of halogens is 2. The molecule has 3 saturated heterocycles. The SMILES string of the molecule is C=CCN(C(=O)C1N([C@@H](CO)Cc2ccccc2)C(=O)[C@@H]2[C@H](C(=O)OCC)[C@H]3OC12CC3Br)c1ccccc1Cl. The van der Waals surface area contributed by atoms with Crippen molar-refractivity contribution in [3.05, 3.63) is 77.8 Å². The van der Waals surface area contributed by atoms with E-state index in [-0.39, 0.29) is 24.6 Å². The zero-order valence-corrected chi connectivity index (χ0v) is 24.5. The smallest absolute Gasteiger partial charge is 0.312 e. The number of likely N-dealkylation sites (tertiary alicyclic amines) is 1. The third-order valence-electron chi connectivity index (χ3n) is 8.16. The average Bonchev–Trinajstić information content (AvgIpc) is 3.54. The Labute approximate surface area is 247 Å². The highest BCUT2D eigenvalue weighted by Crippen LogP contribution is 2.61. The monoisotopic (exact) mass is 630 g/mol. The molecule has 2 aromatic carbocycles. The van der Waals surface area contributed by atoms with Gasteiger partial charge in [0.1, 0.15) is 11.6 Å². The molecular formula is C30H32BrClN2O6. The van der Waals surface area contributed by atoms with Gasteiger partial charge in [0, 0.05) is 11.4 Å². The summed E-state index contributed by atoms with van der Waals surface area (Å²) < 4.78 is 11.9. The number of fused-ring (bicyclic) bond motifs is 1. The van der Waals surface area contributed by atoms with Crippen LogP contribution in [0.5, 0.6) is 0 Å². The van der Waals surface area contributed by atoms with Crippen LogP contribution in [0.15, 0.2) is 67.3 Å². The molecule has 3 aliphatic rings. The lowest BCUT2D eigenvalue weighted by Crippen LogP contribution is -2.59. The summed E-state index contributed by atoms with van der Waals surface area (Å²) in [6, 6.07) is 14.6. The molecular weight excluding hydrogens is 600 g/mol. The normalized spacial score (nSPS) is 29.2. The van der Waals surface area contributed by atoms with Gasteiger partial charge in [-0.15, -0.1) is 6.58 Å². The van der Waals surface area contributed by atoms with Crippen molar-refractivity contribution in [3.63, 3.8) is 0 Å². The number of alkyl halides is 1. The molecule has 212 valence electrons. The molecule has 0 saturated carbocycles. The topological polar surface area (TPSA) is 96.4 Å². The summed E-state index contributed by atoms with van der Waals surface area (Å²) in [5.41, 5.74) is 0.0689. The second-order valence-electron chi connectivity index (χ2n) is 10.4. The number of rotatable bonds is 10. The summed E-state index contributed by atoms with van der Waals surface area (Å²) in [6.45, 7) is 5.44. The van der Waals surface area contributed by atoms with Gasteiger partial charge >= 0.3 is 5.97 Å². The van der Waals surface area contributed by atoms with Crippen molar-refractivity contribution in [2.45, 2.75) is 48.4 Å². The van der Waals surface area contributed by atoms with Gasteiger partial charge in [-0.2, -0.15) is 0 Å². The molecule has 0 radical (unpaired) electrons. The molecule has 1 N–H and O–H groups in total. The van der Waals surface area contributed by atoms with Crippen molar-refractivity contribution in [1.29, 1.82) is 0 Å². The van der Waals surface area contributed by atoms with Crippen molar-refractivity contribution >= 4 is 51.0 Å². The van der Waals surface area contributed by atoms with Gasteiger partial charge in [-0.25, -0.2) is 0 Å². The minimum Gasteiger partial charge on any atom is -0.466 e. The Morgan fingerprint density at radius 1 is 1.27 bits per heavy atom. The summed E-state index contributed by atoms with van der Waals surface area (Å²) in [5.74, 6) is -3.15. The summed E-state index contributed by atoms with van der Waals surface area (Å²) in [7, 11) is 0. The number of benzene rings is 2. The van der Waals surface area contributed by atoms with Crippen LogP contribution in [-0.4, -0.2) is 76.2 Å². The second-order valence-corrected chi connectivity index (χ2v) is 12.0. The maximum Gasteiger partial charge on any atom is 0.312 e. The van der Waals surface area contributed by atoms with Crippen LogP contribution in [-0.2, 0) is 30.3 Å². The van der Waals surface area contributed by atoms with E-state index in [1.165, 1.54) is 9.80 Å². The molecule has 7 atom stereocenters. The lowest BCUT2D eigenvalue weighted by molar-refractivity contribution is -0.155. The van der Waals surface area contributed by atoms with Gasteiger partial charge in [0.2, 0.25) is 5.91 Å². The van der Waals surface area contributed by atoms with Crippen molar-refractivity contribution in [2.24, 2.45) is 11.8 Å². The van der Waals surface area contributed by atoms with E-state index in [1.54, 1.807) is 37.3 Å². The summed E-state index contributed by atoms with van der Waals surface area (Å²) in [4.78, 5) is 45.0. The van der Waals surface area contributed by atoms with Crippen LogP contribution >= 0.6 is 27.5 Å². The molecule has 2 bridgehead atoms. The maximum atomic E-state index is 14.7. The summed E-state index contributed by atoms with van der Waals surface area (Å²) in [6.07, 6.45) is 1.62. The number of esters is 1. The lowest BCUT2D eigenvalue weighted by atomic mass is 9.70. The minimum atomic E-state index is -1.30. The van der Waals surface area contributed by atoms with Crippen LogP contribution in [0.4, 0.5) is 5.69 Å². The van der Waals surface area contributed by atoms with Gasteiger partial charge in [-0.3, -0.25) is 14.4 Å². The molecule has 5 rings (SSSR count). The number of para-hydroxylation sites is 1. The van der Waals surface area contributed by atoms with Gasteiger partial charge in [0.25, 0.3) is 5.91 Å². The zero-order chi connectivity index (χ0) is 28.6. The molecule has 3 heterocycles. The molecule has 3 unspecified atom stereocenters. The number of carbonyl (C=O) groups excluding carboxylic acids is 3. The van der Waals surface area contributed by atoms with Crippen molar-refractivity contribution in [2.75, 3.05) is 24.7 Å². The van der Waals surface area contributed by atoms with Crippen molar-refractivity contribution < 1.29 is 29.0 Å². The first-order chi connectivity index (χ1) is 19.3. The van der Waals surface area contributed by atoms with E-state index in [0.29, 0.717) is 23.6 Å². The number of aliphatic hydroxyl groups excluding tert-OH is 1. The molecule has 10 heteroatoms.